The van der Waals surface area contributed by atoms with Crippen LogP contribution in [-0.2, 0) is 11.9 Å². The van der Waals surface area contributed by atoms with Gasteiger partial charge in [-0.15, -0.1) is 0 Å². The van der Waals surface area contributed by atoms with Gasteiger partial charge in [0, 0.05) is 10.9 Å². The average Bonchev–Trinajstić information content (AvgIpc) is 2.41. The highest BCUT2D eigenvalue weighted by Gasteiger charge is 2.06. The maximum Gasteiger partial charge on any atom is 0.142 e. The van der Waals surface area contributed by atoms with Gasteiger partial charge in [-0.05, 0) is 35.9 Å². The molecule has 1 nitrogen and oxygen atoms in total. The molecule has 0 aliphatic heterocycles. The van der Waals surface area contributed by atoms with Gasteiger partial charge in [0.2, 0.25) is 0 Å². The molecule has 0 N–H and O–H groups in total. The summed E-state index contributed by atoms with van der Waals surface area (Å²) >= 11 is 8.86. The van der Waals surface area contributed by atoms with Gasteiger partial charge in [0.15, 0.2) is 0 Å². The molecule has 0 amide bonds. The third kappa shape index (κ3) is 3.67. The van der Waals surface area contributed by atoms with E-state index in [1.54, 1.807) is 12.1 Å². The van der Waals surface area contributed by atoms with E-state index in [0.717, 1.165) is 0 Å². The molecule has 5 heteroatoms. The number of ether oxygens (including phenoxy) is 1. The Morgan fingerprint density at radius 1 is 1.11 bits per heavy atom. The summed E-state index contributed by atoms with van der Waals surface area (Å²) in [5, 5.41) is 0.557. The van der Waals surface area contributed by atoms with E-state index in [4.69, 9.17) is 16.3 Å². The number of alkyl halides is 1. The lowest BCUT2D eigenvalue weighted by Crippen LogP contribution is -1.99. The number of halogens is 4. The van der Waals surface area contributed by atoms with E-state index in [-0.39, 0.29) is 17.4 Å². The lowest BCUT2D eigenvalue weighted by molar-refractivity contribution is 0.303. The van der Waals surface area contributed by atoms with Gasteiger partial charge in [0.1, 0.15) is 24.0 Å². The molecule has 0 atom stereocenters. The standard InChI is InChI=1S/C14H10BrClF2O/c15-7-10-6-11(17)2-4-14(10)19-8-9-1-3-12(16)13(18)5-9/h1-6H,7-8H2. The predicted molar refractivity (Wildman–Crippen MR) is 74.8 cm³/mol. The molecule has 0 fully saturated rings. The first kappa shape index (κ1) is 14.3. The lowest BCUT2D eigenvalue weighted by atomic mass is 10.2. The summed E-state index contributed by atoms with van der Waals surface area (Å²) in [6.07, 6.45) is 0. The van der Waals surface area contributed by atoms with Crippen molar-refractivity contribution in [1.29, 1.82) is 0 Å². The van der Waals surface area contributed by atoms with Crippen LogP contribution in [0.15, 0.2) is 36.4 Å². The topological polar surface area (TPSA) is 9.23 Å². The van der Waals surface area contributed by atoms with Crippen LogP contribution < -0.4 is 4.74 Å². The fourth-order valence-electron chi connectivity index (χ4n) is 1.58. The molecule has 0 saturated heterocycles. The van der Waals surface area contributed by atoms with Crippen molar-refractivity contribution in [1.82, 2.24) is 0 Å². The van der Waals surface area contributed by atoms with Crippen molar-refractivity contribution in [3.8, 4) is 5.75 Å². The molecule has 2 rings (SSSR count). The zero-order valence-corrected chi connectivity index (χ0v) is 12.1. The highest BCUT2D eigenvalue weighted by Crippen LogP contribution is 2.24. The molecular formula is C14H10BrClF2O. The van der Waals surface area contributed by atoms with E-state index in [2.05, 4.69) is 15.9 Å². The summed E-state index contributed by atoms with van der Waals surface area (Å²) in [6, 6.07) is 8.75. The molecule has 0 spiro atoms. The maximum absolute atomic E-state index is 13.3. The van der Waals surface area contributed by atoms with E-state index >= 15 is 0 Å². The van der Waals surface area contributed by atoms with Crippen LogP contribution in [0.4, 0.5) is 8.78 Å². The first-order chi connectivity index (χ1) is 9.10. The normalized spacial score (nSPS) is 10.5. The molecular weight excluding hydrogens is 338 g/mol. The van der Waals surface area contributed by atoms with E-state index in [0.29, 0.717) is 22.2 Å². The zero-order valence-electron chi connectivity index (χ0n) is 9.80. The first-order valence-corrected chi connectivity index (χ1v) is 7.01. The third-order valence-corrected chi connectivity index (χ3v) is 3.46. The van der Waals surface area contributed by atoms with E-state index in [1.165, 1.54) is 24.3 Å². The SMILES string of the molecule is Fc1ccc(OCc2ccc(Cl)c(F)c2)c(CBr)c1. The van der Waals surface area contributed by atoms with Gasteiger partial charge in [-0.1, -0.05) is 33.6 Å². The number of benzene rings is 2. The maximum atomic E-state index is 13.3. The van der Waals surface area contributed by atoms with Crippen LogP contribution in [0, 0.1) is 11.6 Å². The highest BCUT2D eigenvalue weighted by atomic mass is 79.9. The molecule has 2 aromatic carbocycles. The van der Waals surface area contributed by atoms with Crippen molar-refractivity contribution in [3.05, 3.63) is 64.2 Å². The Labute approximate surface area is 123 Å². The van der Waals surface area contributed by atoms with Crippen molar-refractivity contribution >= 4 is 27.5 Å². The van der Waals surface area contributed by atoms with Crippen LogP contribution in [0.1, 0.15) is 11.1 Å². The second-order valence-electron chi connectivity index (χ2n) is 3.92. The van der Waals surface area contributed by atoms with Crippen molar-refractivity contribution in [3.63, 3.8) is 0 Å². The van der Waals surface area contributed by atoms with Crippen LogP contribution in [0.3, 0.4) is 0 Å². The van der Waals surface area contributed by atoms with Gasteiger partial charge < -0.3 is 4.74 Å². The molecule has 0 saturated carbocycles. The summed E-state index contributed by atoms with van der Waals surface area (Å²) < 4.78 is 31.9. The van der Waals surface area contributed by atoms with Gasteiger partial charge in [0.05, 0.1) is 5.02 Å². The summed E-state index contributed by atoms with van der Waals surface area (Å²) in [7, 11) is 0. The van der Waals surface area contributed by atoms with Gasteiger partial charge in [-0.2, -0.15) is 0 Å². The molecule has 19 heavy (non-hydrogen) atoms. The van der Waals surface area contributed by atoms with Crippen molar-refractivity contribution in [2.45, 2.75) is 11.9 Å². The van der Waals surface area contributed by atoms with Gasteiger partial charge in [-0.3, -0.25) is 0 Å². The Kier molecular flexibility index (Phi) is 4.77. The predicted octanol–water partition coefficient (Wildman–Crippen LogP) is 5.09. The van der Waals surface area contributed by atoms with Crippen molar-refractivity contribution in [2.24, 2.45) is 0 Å². The van der Waals surface area contributed by atoms with E-state index in [9.17, 15) is 8.78 Å². The number of hydrogen-bond acceptors (Lipinski definition) is 1. The Morgan fingerprint density at radius 2 is 1.89 bits per heavy atom. The molecule has 0 bridgehead atoms. The summed E-state index contributed by atoms with van der Waals surface area (Å²) in [5.74, 6) is -0.240. The highest BCUT2D eigenvalue weighted by molar-refractivity contribution is 9.08. The fourth-order valence-corrected chi connectivity index (χ4v) is 2.14. The summed E-state index contributed by atoms with van der Waals surface area (Å²) in [5.41, 5.74) is 1.36. The second-order valence-corrected chi connectivity index (χ2v) is 4.89. The van der Waals surface area contributed by atoms with Crippen LogP contribution in [0.5, 0.6) is 5.75 Å². The van der Waals surface area contributed by atoms with Crippen molar-refractivity contribution < 1.29 is 13.5 Å². The van der Waals surface area contributed by atoms with E-state index in [1.807, 2.05) is 0 Å². The smallest absolute Gasteiger partial charge is 0.142 e. The molecule has 0 radical (unpaired) electrons. The Hall–Kier alpha value is -1.13. The third-order valence-electron chi connectivity index (χ3n) is 2.54. The number of rotatable bonds is 4. The second kappa shape index (κ2) is 6.35. The number of hydrogen-bond donors (Lipinski definition) is 0. The quantitative estimate of drug-likeness (QED) is 0.700. The molecule has 0 aliphatic carbocycles. The Balaban J connectivity index is 2.12. The molecule has 0 unspecified atom stereocenters. The molecule has 100 valence electrons. The van der Waals surface area contributed by atoms with Crippen LogP contribution >= 0.6 is 27.5 Å². The lowest BCUT2D eigenvalue weighted by Gasteiger charge is -2.10. The minimum absolute atomic E-state index is 0.0756. The summed E-state index contributed by atoms with van der Waals surface area (Å²) in [6.45, 7) is 0.194. The van der Waals surface area contributed by atoms with Crippen LogP contribution in [-0.4, -0.2) is 0 Å². The molecule has 0 aliphatic rings. The monoisotopic (exact) mass is 346 g/mol. The minimum Gasteiger partial charge on any atom is -0.489 e. The molecule has 0 aromatic heterocycles. The van der Waals surface area contributed by atoms with E-state index < -0.39 is 5.82 Å². The average molecular weight is 348 g/mol. The van der Waals surface area contributed by atoms with Gasteiger partial charge in [-0.25, -0.2) is 8.78 Å². The van der Waals surface area contributed by atoms with Crippen LogP contribution in [0.2, 0.25) is 5.02 Å². The molecule has 2 aromatic rings. The molecule has 0 heterocycles. The zero-order chi connectivity index (χ0) is 13.8. The van der Waals surface area contributed by atoms with Crippen molar-refractivity contribution in [2.75, 3.05) is 0 Å². The van der Waals surface area contributed by atoms with Crippen LogP contribution in [0.25, 0.3) is 0 Å². The Morgan fingerprint density at radius 3 is 2.58 bits per heavy atom. The van der Waals surface area contributed by atoms with Gasteiger partial charge in [0.25, 0.3) is 0 Å². The minimum atomic E-state index is -0.484. The Bertz CT molecular complexity index is 590. The largest absolute Gasteiger partial charge is 0.489 e. The first-order valence-electron chi connectivity index (χ1n) is 5.51. The fraction of sp³-hybridized carbons (Fsp3) is 0.143. The summed E-state index contributed by atoms with van der Waals surface area (Å²) in [4.78, 5) is 0. The van der Waals surface area contributed by atoms with Gasteiger partial charge >= 0.3 is 0 Å².